The molecule has 31 heavy (non-hydrogen) atoms. The number of rotatable bonds is 5. The molecule has 2 heterocycles. The zero-order valence-corrected chi connectivity index (χ0v) is 20.0. The first kappa shape index (κ1) is 23.1. The van der Waals surface area contributed by atoms with Crippen LogP contribution in [0.2, 0.25) is 0 Å². The molecule has 0 saturated carbocycles. The zero-order valence-electron chi connectivity index (χ0n) is 19.2. The lowest BCUT2D eigenvalue weighted by molar-refractivity contribution is -0.134. The van der Waals surface area contributed by atoms with Gasteiger partial charge in [0.05, 0.1) is 5.56 Å². The van der Waals surface area contributed by atoms with E-state index in [-0.39, 0.29) is 23.0 Å². The Morgan fingerprint density at radius 3 is 2.52 bits per heavy atom. The molecule has 1 aliphatic rings. The molecule has 3 rings (SSSR count). The average molecular weight is 439 g/mol. The van der Waals surface area contributed by atoms with Gasteiger partial charge in [-0.25, -0.2) is 9.97 Å². The van der Waals surface area contributed by atoms with Gasteiger partial charge in [-0.1, -0.05) is 39.5 Å². The molecule has 0 bridgehead atoms. The fraction of sp³-hybridized carbons (Fsp3) is 0.480. The van der Waals surface area contributed by atoms with Crippen molar-refractivity contribution in [3.05, 3.63) is 41.2 Å². The first-order valence-corrected chi connectivity index (χ1v) is 11.7. The maximum Gasteiger partial charge on any atom is 0.324 e. The number of thioether (sulfide) groups is 1. The number of carbonyl (C=O) groups excluding carboxylic acids is 1. The lowest BCUT2D eigenvalue weighted by Crippen LogP contribution is -2.41. The van der Waals surface area contributed by atoms with Crippen LogP contribution in [0, 0.1) is 11.8 Å². The van der Waals surface area contributed by atoms with Gasteiger partial charge in [-0.3, -0.25) is 4.79 Å². The first-order chi connectivity index (χ1) is 14.6. The predicted octanol–water partition coefficient (Wildman–Crippen LogP) is 5.53. The molecule has 164 valence electrons. The minimum Gasteiger partial charge on any atom is -0.487 e. The summed E-state index contributed by atoms with van der Waals surface area (Å²) in [5.41, 5.74) is 2.62. The second kappa shape index (κ2) is 9.32. The van der Waals surface area contributed by atoms with Crippen LogP contribution in [0.15, 0.2) is 29.4 Å². The summed E-state index contributed by atoms with van der Waals surface area (Å²) in [4.78, 5) is 20.9. The Morgan fingerprint density at radius 2 is 1.87 bits per heavy atom. The Bertz CT molecular complexity index is 1020. The molecular formula is C25H30N2O3S. The van der Waals surface area contributed by atoms with Crippen molar-refractivity contribution >= 4 is 17.7 Å². The first-order valence-electron chi connectivity index (χ1n) is 10.7. The molecule has 0 saturated heterocycles. The largest absolute Gasteiger partial charge is 0.487 e. The quantitative estimate of drug-likeness (QED) is 0.347. The topological polar surface area (TPSA) is 61.3 Å². The summed E-state index contributed by atoms with van der Waals surface area (Å²) in [6.07, 6.45) is 5.16. The Kier molecular flexibility index (Phi) is 6.96. The normalized spacial score (nSPS) is 15.8. The van der Waals surface area contributed by atoms with Crippen LogP contribution in [0.25, 0.3) is 0 Å². The highest BCUT2D eigenvalue weighted by molar-refractivity contribution is 7.99. The number of carbonyl (C=O) groups is 1. The van der Waals surface area contributed by atoms with E-state index in [1.165, 1.54) is 5.56 Å². The van der Waals surface area contributed by atoms with Crippen molar-refractivity contribution in [2.75, 3.05) is 5.75 Å². The van der Waals surface area contributed by atoms with Crippen LogP contribution >= 0.6 is 11.8 Å². The van der Waals surface area contributed by atoms with E-state index >= 15 is 0 Å². The minimum absolute atomic E-state index is 0.00392. The van der Waals surface area contributed by atoms with Gasteiger partial charge in [0.15, 0.2) is 0 Å². The van der Waals surface area contributed by atoms with E-state index in [9.17, 15) is 4.79 Å². The van der Waals surface area contributed by atoms with Gasteiger partial charge in [0.2, 0.25) is 0 Å². The summed E-state index contributed by atoms with van der Waals surface area (Å²) in [6.45, 7) is 12.8. The van der Waals surface area contributed by atoms with E-state index in [1.54, 1.807) is 24.2 Å². The molecule has 0 atom stereocenters. The number of nitrogens with zero attached hydrogens (tertiary/aromatic N) is 2. The van der Waals surface area contributed by atoms with E-state index < -0.39 is 0 Å². The van der Waals surface area contributed by atoms with Crippen molar-refractivity contribution in [3.8, 4) is 23.6 Å². The van der Waals surface area contributed by atoms with Gasteiger partial charge < -0.3 is 9.47 Å². The lowest BCUT2D eigenvalue weighted by Gasteiger charge is -2.42. The lowest BCUT2D eigenvalue weighted by atomic mass is 9.73. The van der Waals surface area contributed by atoms with Crippen LogP contribution in [0.3, 0.4) is 0 Å². The van der Waals surface area contributed by atoms with Gasteiger partial charge in [-0.2, -0.15) is 0 Å². The summed E-state index contributed by atoms with van der Waals surface area (Å²) in [5, 5.41) is 0. The van der Waals surface area contributed by atoms with Crippen LogP contribution in [0.5, 0.6) is 11.8 Å². The highest BCUT2D eigenvalue weighted by atomic mass is 32.2. The molecule has 0 radical (unpaired) electrons. The Morgan fingerprint density at radius 1 is 1.16 bits per heavy atom. The number of aromatic nitrogens is 2. The van der Waals surface area contributed by atoms with Crippen molar-refractivity contribution < 1.29 is 14.3 Å². The maximum atomic E-state index is 11.6. The van der Waals surface area contributed by atoms with Gasteiger partial charge >= 0.3 is 12.0 Å². The van der Waals surface area contributed by atoms with Crippen molar-refractivity contribution in [1.82, 2.24) is 9.97 Å². The molecule has 0 unspecified atom stereocenters. The molecule has 0 fully saturated rings. The zero-order chi connectivity index (χ0) is 22.6. The molecule has 1 aromatic heterocycles. The molecule has 5 nitrogen and oxygen atoms in total. The number of benzene rings is 1. The number of ether oxygens (including phenoxy) is 2. The van der Waals surface area contributed by atoms with Gasteiger partial charge in [0.1, 0.15) is 11.4 Å². The van der Waals surface area contributed by atoms with E-state index in [4.69, 9.17) is 9.47 Å². The van der Waals surface area contributed by atoms with Crippen molar-refractivity contribution in [3.63, 3.8) is 0 Å². The van der Waals surface area contributed by atoms with Crippen molar-refractivity contribution in [2.24, 2.45) is 0 Å². The molecule has 1 aromatic carbocycles. The number of hydrogen-bond donors (Lipinski definition) is 0. The van der Waals surface area contributed by atoms with Crippen molar-refractivity contribution in [2.45, 2.75) is 76.7 Å². The second-order valence-corrected chi connectivity index (χ2v) is 10.2. The molecule has 6 heteroatoms. The van der Waals surface area contributed by atoms with Gasteiger partial charge in [-0.15, -0.1) is 11.8 Å². The summed E-state index contributed by atoms with van der Waals surface area (Å²) in [6, 6.07) is 4.35. The highest BCUT2D eigenvalue weighted by Gasteiger charge is 2.39. The summed E-state index contributed by atoms with van der Waals surface area (Å²) < 4.78 is 11.4. The van der Waals surface area contributed by atoms with E-state index in [0.29, 0.717) is 12.0 Å². The Hall–Kier alpha value is -2.52. The highest BCUT2D eigenvalue weighted by Crippen LogP contribution is 2.46. The summed E-state index contributed by atoms with van der Waals surface area (Å²) in [7, 11) is 0. The number of esters is 1. The third-order valence-corrected chi connectivity index (χ3v) is 5.93. The van der Waals surface area contributed by atoms with Crippen LogP contribution in [0.4, 0.5) is 0 Å². The Labute approximate surface area is 189 Å². The molecule has 0 N–H and O–H groups in total. The molecule has 0 amide bonds. The van der Waals surface area contributed by atoms with E-state index in [0.717, 1.165) is 34.8 Å². The minimum atomic E-state index is -0.329. The monoisotopic (exact) mass is 438 g/mol. The van der Waals surface area contributed by atoms with E-state index in [1.807, 2.05) is 6.92 Å². The fourth-order valence-corrected chi connectivity index (χ4v) is 4.74. The number of hydrogen-bond acceptors (Lipinski definition) is 6. The predicted molar refractivity (Wildman–Crippen MR) is 124 cm³/mol. The maximum absolute atomic E-state index is 11.6. The summed E-state index contributed by atoms with van der Waals surface area (Å²) in [5.74, 6) is 8.00. The van der Waals surface area contributed by atoms with E-state index in [2.05, 4.69) is 68.6 Å². The van der Waals surface area contributed by atoms with Crippen LogP contribution in [-0.4, -0.2) is 27.3 Å². The van der Waals surface area contributed by atoms with Gasteiger partial charge in [0, 0.05) is 34.8 Å². The molecular weight excluding hydrogens is 408 g/mol. The molecule has 1 aliphatic heterocycles. The number of fused-ring (bicyclic) bond motifs is 1. The third kappa shape index (κ3) is 5.80. The SMILES string of the molecule is CCCC(=O)Oc1ncc(C#Cc2cc3c(cc2SCC)OC(C)(C)CC3(C)C)cn1. The van der Waals surface area contributed by atoms with Crippen molar-refractivity contribution in [1.29, 1.82) is 0 Å². The fourth-order valence-electron chi connectivity index (χ4n) is 3.97. The van der Waals surface area contributed by atoms with Crippen LogP contribution in [-0.2, 0) is 10.2 Å². The van der Waals surface area contributed by atoms with Gasteiger partial charge in [0.25, 0.3) is 0 Å². The summed E-state index contributed by atoms with van der Waals surface area (Å²) >= 11 is 1.75. The third-order valence-electron chi connectivity index (χ3n) is 4.99. The standard InChI is InChI=1S/C25H30N2O3S/c1-7-9-22(28)29-23-26-14-17(15-27-23)10-11-18-12-19-20(13-21(18)31-8-2)30-25(5,6)16-24(19,3)4/h12-15H,7-9,16H2,1-6H3. The average Bonchev–Trinajstić information content (AvgIpc) is 2.67. The smallest absolute Gasteiger partial charge is 0.324 e. The Balaban J connectivity index is 1.90. The molecule has 0 aliphatic carbocycles. The molecule has 0 spiro atoms. The second-order valence-electron chi connectivity index (χ2n) is 8.93. The van der Waals surface area contributed by atoms with Gasteiger partial charge in [-0.05, 0) is 50.0 Å². The molecule has 2 aromatic rings. The van der Waals surface area contributed by atoms with Crippen LogP contribution in [0.1, 0.15) is 77.5 Å². The van der Waals surface area contributed by atoms with Crippen LogP contribution < -0.4 is 9.47 Å².